The minimum absolute atomic E-state index is 0.00915. The zero-order chi connectivity index (χ0) is 22.4. The summed E-state index contributed by atoms with van der Waals surface area (Å²) < 4.78 is 68.2. The third-order valence-corrected chi connectivity index (χ3v) is 6.36. The van der Waals surface area contributed by atoms with Crippen molar-refractivity contribution >= 4 is 37.4 Å². The third-order valence-electron chi connectivity index (χ3n) is 4.10. The smallest absolute Gasteiger partial charge is 0.431 e. The Morgan fingerprint density at radius 2 is 1.90 bits per heavy atom. The van der Waals surface area contributed by atoms with Crippen molar-refractivity contribution in [3.63, 3.8) is 0 Å². The van der Waals surface area contributed by atoms with E-state index >= 15 is 0 Å². The molecule has 0 saturated carbocycles. The summed E-state index contributed by atoms with van der Waals surface area (Å²) in [5, 5.41) is 8.93. The second-order valence-electron chi connectivity index (χ2n) is 6.28. The fourth-order valence-electron chi connectivity index (χ4n) is 2.80. The molecule has 14 heteroatoms. The highest BCUT2D eigenvalue weighted by atomic mass is 32.2. The van der Waals surface area contributed by atoms with Crippen LogP contribution in [0.3, 0.4) is 0 Å². The molecule has 1 aromatic carbocycles. The van der Waals surface area contributed by atoms with Gasteiger partial charge >= 0.3 is 17.8 Å². The number of carboxylic acids is 1. The number of hydrogen-bond acceptors (Lipinski definition) is 7. The lowest BCUT2D eigenvalue weighted by molar-refractivity contribution is -0.144. The van der Waals surface area contributed by atoms with Gasteiger partial charge in [0.1, 0.15) is 11.4 Å². The van der Waals surface area contributed by atoms with Crippen LogP contribution in [-0.4, -0.2) is 38.8 Å². The predicted molar refractivity (Wildman–Crippen MR) is 101 cm³/mol. The van der Waals surface area contributed by atoms with Gasteiger partial charge in [0.15, 0.2) is 9.84 Å². The summed E-state index contributed by atoms with van der Waals surface area (Å²) in [5.41, 5.74) is -3.94. The molecule has 0 fully saturated rings. The molecule has 0 aliphatic carbocycles. The van der Waals surface area contributed by atoms with E-state index in [1.54, 1.807) is 0 Å². The van der Waals surface area contributed by atoms with Crippen LogP contribution < -0.4 is 11.2 Å². The Bertz CT molecular complexity index is 1390. The van der Waals surface area contributed by atoms with E-state index < -0.39 is 50.4 Å². The molecule has 0 radical (unpaired) electrons. The Labute approximate surface area is 169 Å². The summed E-state index contributed by atoms with van der Waals surface area (Å²) in [6, 6.07) is 4.28. The van der Waals surface area contributed by atoms with Crippen molar-refractivity contribution < 1.29 is 31.5 Å². The van der Waals surface area contributed by atoms with Crippen LogP contribution in [0.4, 0.5) is 13.2 Å². The first-order valence-electron chi connectivity index (χ1n) is 8.01. The first-order valence-corrected chi connectivity index (χ1v) is 10.6. The van der Waals surface area contributed by atoms with Gasteiger partial charge in [-0.05, 0) is 29.7 Å². The number of aliphatic carboxylic acids is 1. The molecule has 0 unspecified atom stereocenters. The maximum absolute atomic E-state index is 13.0. The summed E-state index contributed by atoms with van der Waals surface area (Å²) >= 11 is 0.913. The van der Waals surface area contributed by atoms with Crippen LogP contribution >= 0.6 is 11.5 Å². The normalized spacial score (nSPS) is 12.4. The zero-order valence-corrected chi connectivity index (χ0v) is 16.6. The van der Waals surface area contributed by atoms with Crippen molar-refractivity contribution in [2.45, 2.75) is 11.9 Å². The second-order valence-corrected chi connectivity index (χ2v) is 9.15. The van der Waals surface area contributed by atoms with Gasteiger partial charge in [0.25, 0.3) is 5.56 Å². The number of benzene rings is 1. The van der Waals surface area contributed by atoms with Crippen molar-refractivity contribution in [2.24, 2.45) is 7.05 Å². The van der Waals surface area contributed by atoms with Gasteiger partial charge < -0.3 is 5.11 Å². The Morgan fingerprint density at radius 3 is 2.50 bits per heavy atom. The van der Waals surface area contributed by atoms with E-state index in [1.165, 1.54) is 18.2 Å². The number of aromatic nitrogens is 3. The van der Waals surface area contributed by atoms with Crippen LogP contribution in [0.1, 0.15) is 11.4 Å². The van der Waals surface area contributed by atoms with Crippen LogP contribution in [0.25, 0.3) is 15.8 Å². The first kappa shape index (κ1) is 21.7. The molecular formula is C16H12F3N3O6S2. The standard InChI is InChI=1S/C16H12F3N3O6S2/c1-21-12(16(17,18)19)5-13(23)22(15(21)26)8-2-3-11-9(4-8)10(20-29-11)6-30(27,28)7-14(24)25/h2-5H,6-7H2,1H3,(H,24,25). The average Bonchev–Trinajstić information content (AvgIpc) is 2.97. The number of alkyl halides is 3. The topological polar surface area (TPSA) is 128 Å². The minimum Gasteiger partial charge on any atom is -0.480 e. The summed E-state index contributed by atoms with van der Waals surface area (Å²) in [6.07, 6.45) is -4.90. The fourth-order valence-corrected chi connectivity index (χ4v) is 4.77. The fraction of sp³-hybridized carbons (Fsp3) is 0.250. The number of fused-ring (bicyclic) bond motifs is 1. The van der Waals surface area contributed by atoms with Crippen molar-refractivity contribution in [2.75, 3.05) is 5.75 Å². The molecule has 1 N–H and O–H groups in total. The number of rotatable bonds is 5. The lowest BCUT2D eigenvalue weighted by atomic mass is 10.2. The predicted octanol–water partition coefficient (Wildman–Crippen LogP) is 1.16. The molecule has 2 aromatic heterocycles. The molecule has 0 spiro atoms. The van der Waals surface area contributed by atoms with E-state index in [-0.39, 0.29) is 27.4 Å². The minimum atomic E-state index is -4.90. The van der Waals surface area contributed by atoms with Gasteiger partial charge in [-0.15, -0.1) is 0 Å². The highest BCUT2D eigenvalue weighted by molar-refractivity contribution is 7.91. The Balaban J connectivity index is 2.16. The van der Waals surface area contributed by atoms with Crippen LogP contribution in [0.15, 0.2) is 33.9 Å². The maximum atomic E-state index is 13.0. The van der Waals surface area contributed by atoms with Crippen molar-refractivity contribution in [1.29, 1.82) is 0 Å². The lowest BCUT2D eigenvalue weighted by Crippen LogP contribution is -2.40. The van der Waals surface area contributed by atoms with Crippen molar-refractivity contribution in [1.82, 2.24) is 13.5 Å². The molecule has 0 atom stereocenters. The van der Waals surface area contributed by atoms with Gasteiger partial charge in [0.2, 0.25) is 0 Å². The monoisotopic (exact) mass is 463 g/mol. The van der Waals surface area contributed by atoms with Crippen LogP contribution in [-0.2, 0) is 33.6 Å². The van der Waals surface area contributed by atoms with E-state index in [9.17, 15) is 36.0 Å². The SMILES string of the molecule is Cn1c(C(F)(F)F)cc(=O)n(-c2ccc3snc(CS(=O)(=O)CC(=O)O)c3c2)c1=O. The summed E-state index contributed by atoms with van der Waals surface area (Å²) in [5.74, 6) is -3.33. The van der Waals surface area contributed by atoms with Crippen LogP contribution in [0, 0.1) is 0 Å². The molecule has 0 amide bonds. The number of carboxylic acid groups (broad SMARTS) is 1. The number of nitrogens with zero attached hydrogens (tertiary/aromatic N) is 3. The summed E-state index contributed by atoms with van der Waals surface area (Å²) in [4.78, 5) is 35.4. The molecule has 3 aromatic rings. The van der Waals surface area contributed by atoms with Gasteiger partial charge in [0.05, 0.1) is 21.8 Å². The summed E-state index contributed by atoms with van der Waals surface area (Å²) in [7, 11) is -3.16. The molecule has 160 valence electrons. The molecule has 0 aliphatic heterocycles. The highest BCUT2D eigenvalue weighted by Gasteiger charge is 2.35. The van der Waals surface area contributed by atoms with Crippen LogP contribution in [0.2, 0.25) is 0 Å². The lowest BCUT2D eigenvalue weighted by Gasteiger charge is -2.14. The van der Waals surface area contributed by atoms with E-state index in [4.69, 9.17) is 5.11 Å². The molecule has 30 heavy (non-hydrogen) atoms. The maximum Gasteiger partial charge on any atom is 0.431 e. The zero-order valence-electron chi connectivity index (χ0n) is 15.0. The summed E-state index contributed by atoms with van der Waals surface area (Å²) in [6.45, 7) is 0. The van der Waals surface area contributed by atoms with Gasteiger partial charge in [0, 0.05) is 18.5 Å². The van der Waals surface area contributed by atoms with E-state index in [0.29, 0.717) is 9.27 Å². The molecular weight excluding hydrogens is 451 g/mol. The molecule has 9 nitrogen and oxygen atoms in total. The van der Waals surface area contributed by atoms with Gasteiger partial charge in [-0.2, -0.15) is 17.5 Å². The quantitative estimate of drug-likeness (QED) is 0.601. The third kappa shape index (κ3) is 4.14. The largest absolute Gasteiger partial charge is 0.480 e. The molecule has 0 aliphatic rings. The highest BCUT2D eigenvalue weighted by Crippen LogP contribution is 2.28. The molecule has 0 bridgehead atoms. The van der Waals surface area contributed by atoms with E-state index in [0.717, 1.165) is 18.6 Å². The Kier molecular flexibility index (Phi) is 5.32. The van der Waals surface area contributed by atoms with Gasteiger partial charge in [-0.1, -0.05) is 0 Å². The van der Waals surface area contributed by atoms with Gasteiger partial charge in [-0.3, -0.25) is 14.2 Å². The number of carbonyl (C=O) groups is 1. The molecule has 0 saturated heterocycles. The molecule has 2 heterocycles. The number of sulfone groups is 1. The average molecular weight is 463 g/mol. The van der Waals surface area contributed by atoms with Gasteiger partial charge in [-0.25, -0.2) is 17.8 Å². The molecule has 3 rings (SSSR count). The van der Waals surface area contributed by atoms with Crippen molar-refractivity contribution in [3.8, 4) is 5.69 Å². The second kappa shape index (κ2) is 7.36. The van der Waals surface area contributed by atoms with E-state index in [2.05, 4.69) is 4.37 Å². The van der Waals surface area contributed by atoms with Crippen LogP contribution in [0.5, 0.6) is 0 Å². The Morgan fingerprint density at radius 1 is 1.23 bits per heavy atom. The Hall–Kier alpha value is -3.00. The number of hydrogen-bond donors (Lipinski definition) is 1. The van der Waals surface area contributed by atoms with E-state index in [1.807, 2.05) is 0 Å². The number of halogens is 3. The van der Waals surface area contributed by atoms with Crippen molar-refractivity contribution in [3.05, 3.63) is 56.5 Å². The first-order chi connectivity index (χ1) is 13.8.